The van der Waals surface area contributed by atoms with Crippen molar-refractivity contribution in [2.24, 2.45) is 0 Å². The number of nitrogens with zero attached hydrogens (tertiary/aromatic N) is 4. The molecular weight excluding hydrogens is 593 g/mol. The van der Waals surface area contributed by atoms with E-state index in [0.717, 1.165) is 42.3 Å². The number of carbonyl (C=O) groups is 1. The number of benzene rings is 1. The maximum absolute atomic E-state index is 15.3. The van der Waals surface area contributed by atoms with E-state index in [0.29, 0.717) is 17.6 Å². The number of carbonyl (C=O) groups excluding carboxylic acids is 1. The van der Waals surface area contributed by atoms with E-state index in [2.05, 4.69) is 40.4 Å². The van der Waals surface area contributed by atoms with Crippen molar-refractivity contribution in [2.75, 3.05) is 31.7 Å². The average molecular weight is 629 g/mol. The molecule has 234 valence electrons. The minimum Gasteiger partial charge on any atom is -0.450 e. The highest BCUT2D eigenvalue weighted by Crippen LogP contribution is 2.43. The first-order valence-corrected chi connectivity index (χ1v) is 18.3. The zero-order valence-corrected chi connectivity index (χ0v) is 25.8. The van der Waals surface area contributed by atoms with Gasteiger partial charge in [-0.05, 0) is 31.0 Å². The van der Waals surface area contributed by atoms with Crippen molar-refractivity contribution in [3.8, 4) is 22.8 Å². The molecule has 1 aliphatic heterocycles. The van der Waals surface area contributed by atoms with Crippen molar-refractivity contribution < 1.29 is 32.2 Å². The highest BCUT2D eigenvalue weighted by atomic mass is 28.3. The molecule has 0 bridgehead atoms. The summed E-state index contributed by atoms with van der Waals surface area (Å²) in [5.41, 5.74) is 0.326. The predicted molar refractivity (Wildman–Crippen MR) is 161 cm³/mol. The number of urea groups is 1. The molecule has 0 unspecified atom stereocenters. The average Bonchev–Trinajstić information content (AvgIpc) is 3.55. The van der Waals surface area contributed by atoms with Gasteiger partial charge in [0.15, 0.2) is 23.1 Å². The van der Waals surface area contributed by atoms with E-state index in [1.807, 2.05) is 21.5 Å². The van der Waals surface area contributed by atoms with Crippen LogP contribution in [0.5, 0.6) is 11.5 Å². The van der Waals surface area contributed by atoms with Crippen LogP contribution in [-0.2, 0) is 16.2 Å². The van der Waals surface area contributed by atoms with Gasteiger partial charge in [-0.1, -0.05) is 19.6 Å². The monoisotopic (exact) mass is 628 g/mol. The topological polar surface area (TPSA) is 104 Å². The van der Waals surface area contributed by atoms with Crippen LogP contribution in [-0.4, -0.2) is 65.5 Å². The lowest BCUT2D eigenvalue weighted by atomic mass is 10.1. The Hall–Kier alpha value is -3.88. The summed E-state index contributed by atoms with van der Waals surface area (Å²) < 4.78 is 65.2. The third kappa shape index (κ3) is 6.61. The number of nitrogens with one attached hydrogen (secondary N) is 2. The van der Waals surface area contributed by atoms with Gasteiger partial charge in [-0.2, -0.15) is 5.10 Å². The highest BCUT2D eigenvalue weighted by molar-refractivity contribution is 6.76. The van der Waals surface area contributed by atoms with Gasteiger partial charge < -0.3 is 29.4 Å². The van der Waals surface area contributed by atoms with E-state index < -0.39 is 37.2 Å². The molecule has 1 saturated carbocycles. The molecular formula is C30H35F3N6O4Si. The molecule has 1 saturated heterocycles. The third-order valence-corrected chi connectivity index (χ3v) is 9.24. The number of fused-ring (bicyclic) bond motifs is 1. The van der Waals surface area contributed by atoms with Gasteiger partial charge in [0.25, 0.3) is 0 Å². The van der Waals surface area contributed by atoms with Crippen molar-refractivity contribution in [1.82, 2.24) is 24.6 Å². The van der Waals surface area contributed by atoms with Crippen molar-refractivity contribution in [3.63, 3.8) is 0 Å². The summed E-state index contributed by atoms with van der Waals surface area (Å²) in [6.07, 6.45) is 7.19. The molecule has 1 aromatic carbocycles. The predicted octanol–water partition coefficient (Wildman–Crippen LogP) is 6.48. The zero-order chi connectivity index (χ0) is 31.1. The number of pyridine rings is 1. The Bertz CT molecular complexity index is 1660. The fraction of sp³-hybridized carbons (Fsp3) is 0.433. The van der Waals surface area contributed by atoms with E-state index in [1.165, 1.54) is 6.20 Å². The number of rotatable bonds is 12. The first-order valence-electron chi connectivity index (χ1n) is 14.6. The minimum atomic E-state index is -1.64. The molecule has 1 aliphatic carbocycles. The Morgan fingerprint density at radius 3 is 2.57 bits per heavy atom. The van der Waals surface area contributed by atoms with Crippen molar-refractivity contribution >= 4 is 30.8 Å². The lowest BCUT2D eigenvalue weighted by Crippen LogP contribution is -2.54. The van der Waals surface area contributed by atoms with Crippen LogP contribution in [0.25, 0.3) is 22.3 Å². The summed E-state index contributed by atoms with van der Waals surface area (Å²) in [5, 5.41) is 9.75. The number of amides is 2. The Morgan fingerprint density at radius 1 is 1.16 bits per heavy atom. The number of hydrogen-bond acceptors (Lipinski definition) is 6. The smallest absolute Gasteiger partial charge is 0.319 e. The Morgan fingerprint density at radius 2 is 1.91 bits per heavy atom. The Balaban J connectivity index is 1.28. The Kier molecular flexibility index (Phi) is 8.15. The molecule has 2 fully saturated rings. The molecule has 2 N–H and O–H groups in total. The zero-order valence-electron chi connectivity index (χ0n) is 24.8. The van der Waals surface area contributed by atoms with Crippen LogP contribution in [0.4, 0.5) is 23.7 Å². The number of alkyl halides is 1. The summed E-state index contributed by atoms with van der Waals surface area (Å²) in [7, 11) is -1.29. The van der Waals surface area contributed by atoms with E-state index >= 15 is 8.78 Å². The van der Waals surface area contributed by atoms with Gasteiger partial charge in [-0.15, -0.1) is 0 Å². The molecule has 44 heavy (non-hydrogen) atoms. The second-order valence-corrected chi connectivity index (χ2v) is 18.2. The van der Waals surface area contributed by atoms with Crippen LogP contribution in [0.2, 0.25) is 25.7 Å². The molecule has 4 heterocycles. The molecule has 2 aliphatic rings. The summed E-state index contributed by atoms with van der Waals surface area (Å²) in [5.74, 6) is -2.50. The summed E-state index contributed by atoms with van der Waals surface area (Å²) in [6.45, 7) is 7.18. The number of hydrogen-bond donors (Lipinski definition) is 2. The number of ether oxygens (including phenoxy) is 3. The molecule has 0 radical (unpaired) electrons. The molecule has 0 spiro atoms. The second-order valence-electron chi connectivity index (χ2n) is 12.6. The number of halogens is 3. The number of aromatic nitrogens is 4. The molecule has 3 aromatic heterocycles. The van der Waals surface area contributed by atoms with Crippen molar-refractivity contribution in [3.05, 3.63) is 54.5 Å². The van der Waals surface area contributed by atoms with Crippen molar-refractivity contribution in [1.29, 1.82) is 0 Å². The largest absolute Gasteiger partial charge is 0.450 e. The molecule has 4 aromatic rings. The summed E-state index contributed by atoms with van der Waals surface area (Å²) >= 11 is 0. The first-order chi connectivity index (χ1) is 21.0. The van der Waals surface area contributed by atoms with Crippen LogP contribution in [0.1, 0.15) is 18.9 Å². The second kappa shape index (κ2) is 11.9. The molecule has 0 atom stereocenters. The van der Waals surface area contributed by atoms with Gasteiger partial charge in [0.1, 0.15) is 18.1 Å². The SMILES string of the molecule is C[Si](C)(C)CCOCn1cc(-c2ccnn2C2CC2)c2c(Oc3c(F)cc(NC(=O)NCC4(F)COC4)cc3F)ccnc21. The summed E-state index contributed by atoms with van der Waals surface area (Å²) in [4.78, 5) is 16.8. The van der Waals surface area contributed by atoms with Crippen LogP contribution in [0, 0.1) is 11.6 Å². The molecule has 10 nitrogen and oxygen atoms in total. The van der Waals surface area contributed by atoms with E-state index in [9.17, 15) is 9.18 Å². The Labute approximate surface area is 253 Å². The van der Waals surface area contributed by atoms with Gasteiger partial charge in [0.2, 0.25) is 0 Å². The van der Waals surface area contributed by atoms with Crippen molar-refractivity contribution in [2.45, 2.75) is 57.0 Å². The first kappa shape index (κ1) is 30.2. The van der Waals surface area contributed by atoms with Crippen LogP contribution in [0.15, 0.2) is 42.9 Å². The van der Waals surface area contributed by atoms with Crippen LogP contribution < -0.4 is 15.4 Å². The number of anilines is 1. The normalized spacial score (nSPS) is 16.1. The van der Waals surface area contributed by atoms with Gasteiger partial charge in [-0.25, -0.2) is 22.9 Å². The third-order valence-electron chi connectivity index (χ3n) is 7.54. The highest BCUT2D eigenvalue weighted by Gasteiger charge is 2.39. The van der Waals surface area contributed by atoms with Gasteiger partial charge in [0.05, 0.1) is 36.9 Å². The molecule has 14 heteroatoms. The molecule has 6 rings (SSSR count). The lowest BCUT2D eigenvalue weighted by Gasteiger charge is -2.33. The van der Waals surface area contributed by atoms with Gasteiger partial charge in [-0.3, -0.25) is 4.68 Å². The fourth-order valence-corrected chi connectivity index (χ4v) is 5.68. The fourth-order valence-electron chi connectivity index (χ4n) is 4.92. The maximum Gasteiger partial charge on any atom is 0.319 e. The van der Waals surface area contributed by atoms with E-state index in [-0.39, 0.29) is 44.0 Å². The van der Waals surface area contributed by atoms with Crippen LogP contribution in [0.3, 0.4) is 0 Å². The quantitative estimate of drug-likeness (QED) is 0.138. The van der Waals surface area contributed by atoms with E-state index in [4.69, 9.17) is 14.2 Å². The minimum absolute atomic E-state index is 0.121. The van der Waals surface area contributed by atoms with Gasteiger partial charge in [0, 0.05) is 56.7 Å². The maximum atomic E-state index is 15.3. The van der Waals surface area contributed by atoms with E-state index in [1.54, 1.807) is 12.3 Å². The summed E-state index contributed by atoms with van der Waals surface area (Å²) in [6, 6.07) is 5.82. The van der Waals surface area contributed by atoms with Gasteiger partial charge >= 0.3 is 6.03 Å². The molecule has 2 amide bonds. The standard InChI is InChI=1S/C30H35F3N6O4Si/c1-44(2,3)11-10-41-18-38-14-21(24-6-9-36-39(24)20-4-5-20)26-25(7-8-34-28(26)38)43-27-22(31)12-19(13-23(27)32)37-29(40)35-15-30(33)16-42-17-30/h6-9,12-14,20H,4-5,10-11,15-18H2,1-3H3,(H2,35,37,40). The lowest BCUT2D eigenvalue weighted by molar-refractivity contribution is -0.125. The van der Waals surface area contributed by atoms with Crippen LogP contribution >= 0.6 is 0 Å².